The highest BCUT2D eigenvalue weighted by molar-refractivity contribution is 5.94. The van der Waals surface area contributed by atoms with E-state index in [1.807, 2.05) is 13.0 Å². The van der Waals surface area contributed by atoms with E-state index in [9.17, 15) is 14.7 Å². The maximum atomic E-state index is 11.5. The van der Waals surface area contributed by atoms with Crippen LogP contribution in [-0.4, -0.2) is 29.7 Å². The fourth-order valence-corrected chi connectivity index (χ4v) is 1.63. The minimum absolute atomic E-state index is 0.0733. The van der Waals surface area contributed by atoms with Crippen molar-refractivity contribution in [1.82, 2.24) is 10.7 Å². The molecule has 1 aromatic carbocycles. The Morgan fingerprint density at radius 3 is 2.86 bits per heavy atom. The molecule has 0 spiro atoms. The molecule has 7 heteroatoms. The summed E-state index contributed by atoms with van der Waals surface area (Å²) in [6.45, 7) is 1.61. The molecule has 2 rings (SSSR count). The van der Waals surface area contributed by atoms with Crippen molar-refractivity contribution in [1.29, 1.82) is 0 Å². The number of carbonyl (C=O) groups excluding carboxylic acids is 2. The summed E-state index contributed by atoms with van der Waals surface area (Å²) in [6.07, 6.45) is 2.69. The number of nitrogens with zero attached hydrogens (tertiary/aromatic N) is 1. The summed E-state index contributed by atoms with van der Waals surface area (Å²) in [5.41, 5.74) is 3.64. The van der Waals surface area contributed by atoms with Crippen LogP contribution in [0.3, 0.4) is 0 Å². The molecule has 0 bridgehead atoms. The van der Waals surface area contributed by atoms with Crippen LogP contribution in [0.2, 0.25) is 0 Å². The van der Waals surface area contributed by atoms with Crippen molar-refractivity contribution in [3.63, 3.8) is 0 Å². The molecule has 0 unspecified atom stereocenters. The minimum Gasteiger partial charge on any atom is -0.507 e. The number of phenols is 1. The summed E-state index contributed by atoms with van der Waals surface area (Å²) in [5, 5.41) is 15.8. The van der Waals surface area contributed by atoms with Crippen molar-refractivity contribution < 1.29 is 19.1 Å². The van der Waals surface area contributed by atoms with E-state index in [2.05, 4.69) is 15.8 Å². The largest absolute Gasteiger partial charge is 0.507 e. The third kappa shape index (κ3) is 4.20. The quantitative estimate of drug-likeness (QED) is 0.569. The lowest BCUT2D eigenvalue weighted by atomic mass is 10.1. The Morgan fingerprint density at radius 1 is 1.36 bits per heavy atom. The molecule has 22 heavy (non-hydrogen) atoms. The normalized spacial score (nSPS) is 10.6. The molecular formula is C15H15N3O4. The zero-order valence-corrected chi connectivity index (χ0v) is 11.9. The van der Waals surface area contributed by atoms with Crippen LogP contribution in [0.25, 0.3) is 0 Å². The first-order chi connectivity index (χ1) is 10.6. The number of amides is 2. The maximum absolute atomic E-state index is 11.5. The van der Waals surface area contributed by atoms with Gasteiger partial charge in [0.05, 0.1) is 19.0 Å². The number of aryl methyl sites for hydroxylation is 1. The number of hydrogen-bond acceptors (Lipinski definition) is 5. The zero-order chi connectivity index (χ0) is 15.9. The van der Waals surface area contributed by atoms with Crippen LogP contribution in [0, 0.1) is 6.92 Å². The van der Waals surface area contributed by atoms with Gasteiger partial charge in [-0.25, -0.2) is 5.43 Å². The lowest BCUT2D eigenvalue weighted by molar-refractivity contribution is -0.120. The molecule has 0 aliphatic heterocycles. The van der Waals surface area contributed by atoms with E-state index in [1.165, 1.54) is 18.5 Å². The van der Waals surface area contributed by atoms with E-state index >= 15 is 0 Å². The molecule has 1 heterocycles. The average Bonchev–Trinajstić information content (AvgIpc) is 3.01. The first-order valence-corrected chi connectivity index (χ1v) is 6.49. The highest BCUT2D eigenvalue weighted by Crippen LogP contribution is 2.15. The molecule has 0 saturated heterocycles. The molecular weight excluding hydrogens is 286 g/mol. The maximum Gasteiger partial charge on any atom is 0.287 e. The molecule has 3 N–H and O–H groups in total. The fourth-order valence-electron chi connectivity index (χ4n) is 1.63. The Labute approximate surface area is 126 Å². The standard InChI is InChI=1S/C15H15N3O4/c1-10-4-5-11(12(19)7-10)8-17-18-14(20)9-16-15(21)13-3-2-6-22-13/h2-8,19H,9H2,1H3,(H,16,21)(H,18,20). The lowest BCUT2D eigenvalue weighted by Gasteiger charge is -2.02. The van der Waals surface area contributed by atoms with Gasteiger partial charge in [0.1, 0.15) is 5.75 Å². The van der Waals surface area contributed by atoms with Crippen LogP contribution in [0.5, 0.6) is 5.75 Å². The van der Waals surface area contributed by atoms with E-state index in [4.69, 9.17) is 4.42 Å². The Morgan fingerprint density at radius 2 is 2.18 bits per heavy atom. The summed E-state index contributed by atoms with van der Waals surface area (Å²) >= 11 is 0. The van der Waals surface area contributed by atoms with Gasteiger partial charge in [0.2, 0.25) is 0 Å². The van der Waals surface area contributed by atoms with Crippen molar-refractivity contribution in [2.75, 3.05) is 6.54 Å². The number of phenolic OH excluding ortho intramolecular Hbond substituents is 1. The molecule has 0 aliphatic carbocycles. The topological polar surface area (TPSA) is 104 Å². The first kappa shape index (κ1) is 15.3. The van der Waals surface area contributed by atoms with Gasteiger partial charge in [-0.2, -0.15) is 5.10 Å². The van der Waals surface area contributed by atoms with Gasteiger partial charge in [0.15, 0.2) is 5.76 Å². The Bertz CT molecular complexity index is 693. The summed E-state index contributed by atoms with van der Waals surface area (Å²) in [5.74, 6) is -0.784. The van der Waals surface area contributed by atoms with Crippen molar-refractivity contribution in [2.24, 2.45) is 5.10 Å². The van der Waals surface area contributed by atoms with Gasteiger partial charge in [-0.1, -0.05) is 6.07 Å². The number of hydrazone groups is 1. The molecule has 1 aromatic heterocycles. The van der Waals surface area contributed by atoms with Crippen LogP contribution < -0.4 is 10.7 Å². The van der Waals surface area contributed by atoms with E-state index in [0.717, 1.165) is 5.56 Å². The van der Waals surface area contributed by atoms with Crippen LogP contribution in [-0.2, 0) is 4.79 Å². The Kier molecular flexibility index (Phi) is 4.92. The van der Waals surface area contributed by atoms with Crippen molar-refractivity contribution in [3.05, 3.63) is 53.5 Å². The van der Waals surface area contributed by atoms with E-state index in [-0.39, 0.29) is 18.1 Å². The van der Waals surface area contributed by atoms with E-state index < -0.39 is 11.8 Å². The van der Waals surface area contributed by atoms with Gasteiger partial charge < -0.3 is 14.8 Å². The first-order valence-electron chi connectivity index (χ1n) is 6.49. The van der Waals surface area contributed by atoms with Crippen LogP contribution >= 0.6 is 0 Å². The fraction of sp³-hybridized carbons (Fsp3) is 0.133. The van der Waals surface area contributed by atoms with Gasteiger partial charge in [-0.15, -0.1) is 0 Å². The predicted molar refractivity (Wildman–Crippen MR) is 79.6 cm³/mol. The van der Waals surface area contributed by atoms with Gasteiger partial charge in [-0.3, -0.25) is 9.59 Å². The van der Waals surface area contributed by atoms with Crippen molar-refractivity contribution in [2.45, 2.75) is 6.92 Å². The third-order valence-electron chi connectivity index (χ3n) is 2.73. The van der Waals surface area contributed by atoms with Crippen LogP contribution in [0.4, 0.5) is 0 Å². The molecule has 0 saturated carbocycles. The van der Waals surface area contributed by atoms with Crippen molar-refractivity contribution >= 4 is 18.0 Å². The monoisotopic (exact) mass is 301 g/mol. The number of benzene rings is 1. The second-order valence-electron chi connectivity index (χ2n) is 4.52. The predicted octanol–water partition coefficient (Wildman–Crippen LogP) is 1.17. The average molecular weight is 301 g/mol. The van der Waals surface area contributed by atoms with Gasteiger partial charge in [-0.05, 0) is 36.8 Å². The summed E-state index contributed by atoms with van der Waals surface area (Å²) in [6, 6.07) is 8.15. The molecule has 2 aromatic rings. The number of aromatic hydroxyl groups is 1. The second kappa shape index (κ2) is 7.07. The van der Waals surface area contributed by atoms with E-state index in [1.54, 1.807) is 18.2 Å². The smallest absolute Gasteiger partial charge is 0.287 e. The van der Waals surface area contributed by atoms with E-state index in [0.29, 0.717) is 5.56 Å². The highest BCUT2D eigenvalue weighted by Gasteiger charge is 2.09. The van der Waals surface area contributed by atoms with Crippen LogP contribution in [0.15, 0.2) is 46.1 Å². The summed E-state index contributed by atoms with van der Waals surface area (Å²) < 4.78 is 4.89. The van der Waals surface area contributed by atoms with Crippen LogP contribution in [0.1, 0.15) is 21.7 Å². The number of furan rings is 1. The number of carbonyl (C=O) groups is 2. The highest BCUT2D eigenvalue weighted by atomic mass is 16.3. The second-order valence-corrected chi connectivity index (χ2v) is 4.52. The molecule has 0 atom stereocenters. The number of rotatable bonds is 5. The van der Waals surface area contributed by atoms with Gasteiger partial charge in [0.25, 0.3) is 11.8 Å². The Hall–Kier alpha value is -3.09. The number of hydrogen-bond donors (Lipinski definition) is 3. The summed E-state index contributed by atoms with van der Waals surface area (Å²) in [7, 11) is 0. The molecule has 2 amide bonds. The SMILES string of the molecule is Cc1ccc(C=NNC(=O)CNC(=O)c2ccco2)c(O)c1. The van der Waals surface area contributed by atoms with Crippen molar-refractivity contribution in [3.8, 4) is 5.75 Å². The number of nitrogens with one attached hydrogen (secondary N) is 2. The Balaban J connectivity index is 1.80. The zero-order valence-electron chi connectivity index (χ0n) is 11.9. The summed E-state index contributed by atoms with van der Waals surface area (Å²) in [4.78, 5) is 23.0. The molecule has 0 aliphatic rings. The molecule has 7 nitrogen and oxygen atoms in total. The third-order valence-corrected chi connectivity index (χ3v) is 2.73. The van der Waals surface area contributed by atoms with Gasteiger partial charge >= 0.3 is 0 Å². The molecule has 114 valence electrons. The van der Waals surface area contributed by atoms with Gasteiger partial charge in [0, 0.05) is 5.56 Å². The molecule has 0 fully saturated rings. The minimum atomic E-state index is -0.497. The lowest BCUT2D eigenvalue weighted by Crippen LogP contribution is -2.34. The molecule has 0 radical (unpaired) electrons.